The molecule has 2 aromatic carbocycles. The summed E-state index contributed by atoms with van der Waals surface area (Å²) in [5.41, 5.74) is 0. The van der Waals surface area contributed by atoms with E-state index in [1.165, 1.54) is 36.4 Å². The van der Waals surface area contributed by atoms with Crippen LogP contribution in [0.3, 0.4) is 0 Å². The Balaban J connectivity index is 2.41. The van der Waals surface area contributed by atoms with Gasteiger partial charge in [0, 0.05) is 6.07 Å². The van der Waals surface area contributed by atoms with Gasteiger partial charge < -0.3 is 4.18 Å². The van der Waals surface area contributed by atoms with Crippen molar-refractivity contribution in [2.75, 3.05) is 0 Å². The zero-order chi connectivity index (χ0) is 14.0. The van der Waals surface area contributed by atoms with Crippen molar-refractivity contribution < 1.29 is 17.0 Å². The Morgan fingerprint density at radius 2 is 1.74 bits per heavy atom. The zero-order valence-corrected chi connectivity index (χ0v) is 11.6. The van der Waals surface area contributed by atoms with Crippen LogP contribution in [0.2, 0.25) is 10.0 Å². The van der Waals surface area contributed by atoms with E-state index in [9.17, 15) is 12.8 Å². The van der Waals surface area contributed by atoms with Gasteiger partial charge in [0.05, 0.1) is 10.0 Å². The van der Waals surface area contributed by atoms with E-state index in [1.807, 2.05) is 0 Å². The molecule has 0 aromatic heterocycles. The van der Waals surface area contributed by atoms with Crippen LogP contribution < -0.4 is 4.18 Å². The number of rotatable bonds is 3. The Kier molecular flexibility index (Phi) is 3.99. The molecule has 7 heteroatoms. The van der Waals surface area contributed by atoms with Gasteiger partial charge in [-0.3, -0.25) is 0 Å². The average Bonchev–Trinajstić information content (AvgIpc) is 2.32. The molecule has 0 N–H and O–H groups in total. The Morgan fingerprint density at radius 1 is 1.05 bits per heavy atom. The molecule has 0 amide bonds. The van der Waals surface area contributed by atoms with Crippen molar-refractivity contribution in [2.24, 2.45) is 0 Å². The van der Waals surface area contributed by atoms with E-state index >= 15 is 0 Å². The molecule has 2 aromatic rings. The first-order valence-electron chi connectivity index (χ1n) is 5.04. The molecule has 3 nitrogen and oxygen atoms in total. The summed E-state index contributed by atoms with van der Waals surface area (Å²) in [6.07, 6.45) is 0. The first kappa shape index (κ1) is 14.1. The SMILES string of the molecule is O=S(=O)(Oc1cccc(F)c1)c1cccc(Cl)c1Cl. The van der Waals surface area contributed by atoms with Gasteiger partial charge >= 0.3 is 10.1 Å². The van der Waals surface area contributed by atoms with E-state index in [0.717, 1.165) is 6.07 Å². The van der Waals surface area contributed by atoms with Crippen LogP contribution in [0.25, 0.3) is 0 Å². The maximum Gasteiger partial charge on any atom is 0.340 e. The Hall–Kier alpha value is -1.30. The molecule has 0 saturated heterocycles. The summed E-state index contributed by atoms with van der Waals surface area (Å²) in [7, 11) is -4.17. The van der Waals surface area contributed by atoms with E-state index in [-0.39, 0.29) is 20.7 Å². The molecule has 0 bridgehead atoms. The molecule has 2 rings (SSSR count). The summed E-state index contributed by atoms with van der Waals surface area (Å²) in [6.45, 7) is 0. The van der Waals surface area contributed by atoms with Gasteiger partial charge in [-0.15, -0.1) is 0 Å². The fourth-order valence-corrected chi connectivity index (χ4v) is 3.03. The maximum atomic E-state index is 13.0. The largest absolute Gasteiger partial charge is 0.379 e. The summed E-state index contributed by atoms with van der Waals surface area (Å²) in [5.74, 6) is -0.749. The second-order valence-electron chi connectivity index (χ2n) is 3.55. The van der Waals surface area contributed by atoms with Crippen molar-refractivity contribution in [1.82, 2.24) is 0 Å². The van der Waals surface area contributed by atoms with Gasteiger partial charge in [0.15, 0.2) is 0 Å². The van der Waals surface area contributed by atoms with Gasteiger partial charge in [-0.1, -0.05) is 35.3 Å². The number of hydrogen-bond acceptors (Lipinski definition) is 3. The molecular formula is C12H7Cl2FO3S. The van der Waals surface area contributed by atoms with Crippen molar-refractivity contribution in [3.63, 3.8) is 0 Å². The normalized spacial score (nSPS) is 11.3. The van der Waals surface area contributed by atoms with Crippen LogP contribution in [0.1, 0.15) is 0 Å². The highest BCUT2D eigenvalue weighted by Gasteiger charge is 2.21. The lowest BCUT2D eigenvalue weighted by molar-refractivity contribution is 0.483. The molecule has 0 fully saturated rings. The predicted octanol–water partition coefficient (Wildman–Crippen LogP) is 3.90. The van der Waals surface area contributed by atoms with Gasteiger partial charge in [0.1, 0.15) is 16.5 Å². The summed E-state index contributed by atoms with van der Waals surface area (Å²) in [6, 6.07) is 8.91. The van der Waals surface area contributed by atoms with Gasteiger partial charge in [-0.05, 0) is 24.3 Å². The zero-order valence-electron chi connectivity index (χ0n) is 9.31. The summed E-state index contributed by atoms with van der Waals surface area (Å²) in [5, 5.41) is -0.0499. The lowest BCUT2D eigenvalue weighted by Crippen LogP contribution is -2.10. The summed E-state index contributed by atoms with van der Waals surface area (Å²) >= 11 is 11.5. The molecule has 0 spiro atoms. The molecule has 0 aliphatic carbocycles. The van der Waals surface area contributed by atoms with Crippen LogP contribution in [0.5, 0.6) is 5.75 Å². The predicted molar refractivity (Wildman–Crippen MR) is 70.7 cm³/mol. The number of hydrogen-bond donors (Lipinski definition) is 0. The van der Waals surface area contributed by atoms with Crippen molar-refractivity contribution in [3.8, 4) is 5.75 Å². The van der Waals surface area contributed by atoms with Crippen molar-refractivity contribution in [2.45, 2.75) is 4.90 Å². The van der Waals surface area contributed by atoms with Crippen LogP contribution in [-0.4, -0.2) is 8.42 Å². The fraction of sp³-hybridized carbons (Fsp3) is 0. The Labute approximate surface area is 119 Å². The van der Waals surface area contributed by atoms with E-state index in [1.54, 1.807) is 0 Å². The van der Waals surface area contributed by atoms with E-state index < -0.39 is 15.9 Å². The molecule has 0 atom stereocenters. The van der Waals surface area contributed by atoms with Gasteiger partial charge in [0.25, 0.3) is 0 Å². The monoisotopic (exact) mass is 320 g/mol. The highest BCUT2D eigenvalue weighted by molar-refractivity contribution is 7.87. The molecule has 0 heterocycles. The minimum absolute atomic E-state index is 0.0885. The van der Waals surface area contributed by atoms with E-state index in [4.69, 9.17) is 27.4 Å². The van der Waals surface area contributed by atoms with Gasteiger partial charge in [-0.2, -0.15) is 8.42 Å². The van der Waals surface area contributed by atoms with Crippen LogP contribution in [0, 0.1) is 5.82 Å². The quantitative estimate of drug-likeness (QED) is 0.805. The van der Waals surface area contributed by atoms with E-state index in [0.29, 0.717) is 0 Å². The van der Waals surface area contributed by atoms with Crippen molar-refractivity contribution in [1.29, 1.82) is 0 Å². The lowest BCUT2D eigenvalue weighted by Gasteiger charge is -2.09. The lowest BCUT2D eigenvalue weighted by atomic mass is 10.3. The highest BCUT2D eigenvalue weighted by Crippen LogP contribution is 2.30. The van der Waals surface area contributed by atoms with Gasteiger partial charge in [-0.25, -0.2) is 4.39 Å². The molecule has 100 valence electrons. The standard InChI is InChI=1S/C12H7Cl2FO3S/c13-10-5-2-6-11(12(10)14)19(16,17)18-9-4-1-3-8(15)7-9/h1-7H. The smallest absolute Gasteiger partial charge is 0.340 e. The maximum absolute atomic E-state index is 13.0. The fourth-order valence-electron chi connectivity index (χ4n) is 1.37. The Bertz CT molecular complexity index is 717. The van der Waals surface area contributed by atoms with Crippen LogP contribution >= 0.6 is 23.2 Å². The van der Waals surface area contributed by atoms with Crippen LogP contribution in [-0.2, 0) is 10.1 Å². The molecule has 0 radical (unpaired) electrons. The minimum atomic E-state index is -4.17. The highest BCUT2D eigenvalue weighted by atomic mass is 35.5. The topological polar surface area (TPSA) is 43.4 Å². The number of halogens is 3. The second kappa shape index (κ2) is 5.36. The first-order chi connectivity index (χ1) is 8.90. The molecular weight excluding hydrogens is 314 g/mol. The summed E-state index contributed by atoms with van der Waals surface area (Å²) in [4.78, 5) is -0.272. The van der Waals surface area contributed by atoms with Crippen molar-refractivity contribution in [3.05, 3.63) is 58.3 Å². The molecule has 0 saturated carbocycles. The Morgan fingerprint density at radius 3 is 2.42 bits per heavy atom. The molecule has 0 unspecified atom stereocenters. The summed E-state index contributed by atoms with van der Waals surface area (Å²) < 4.78 is 41.8. The minimum Gasteiger partial charge on any atom is -0.379 e. The van der Waals surface area contributed by atoms with Crippen LogP contribution in [0.15, 0.2) is 47.4 Å². The molecule has 0 aliphatic heterocycles. The third-order valence-electron chi connectivity index (χ3n) is 2.19. The van der Waals surface area contributed by atoms with Crippen LogP contribution in [0.4, 0.5) is 4.39 Å². The first-order valence-corrected chi connectivity index (χ1v) is 7.20. The number of benzene rings is 2. The molecule has 19 heavy (non-hydrogen) atoms. The van der Waals surface area contributed by atoms with E-state index in [2.05, 4.69) is 0 Å². The third-order valence-corrected chi connectivity index (χ3v) is 4.41. The van der Waals surface area contributed by atoms with Gasteiger partial charge in [0.2, 0.25) is 0 Å². The average molecular weight is 321 g/mol. The van der Waals surface area contributed by atoms with Crippen molar-refractivity contribution >= 4 is 33.3 Å². The third kappa shape index (κ3) is 3.18. The second-order valence-corrected chi connectivity index (χ2v) is 5.85. The molecule has 0 aliphatic rings.